The van der Waals surface area contributed by atoms with E-state index in [-0.39, 0.29) is 5.78 Å². The van der Waals surface area contributed by atoms with Crippen LogP contribution in [0.4, 0.5) is 0 Å². The van der Waals surface area contributed by atoms with E-state index in [1.54, 1.807) is 18.2 Å². The molecule has 0 N–H and O–H groups in total. The van der Waals surface area contributed by atoms with Crippen molar-refractivity contribution < 1.29 is 14.3 Å². The van der Waals surface area contributed by atoms with Crippen LogP contribution in [0.15, 0.2) is 42.5 Å². The van der Waals surface area contributed by atoms with Gasteiger partial charge in [-0.3, -0.25) is 4.79 Å². The third-order valence-electron chi connectivity index (χ3n) is 3.39. The molecule has 2 aromatic carbocycles. The molecule has 0 atom stereocenters. The number of aromatic nitrogens is 1. The Balaban J connectivity index is 1.87. The number of ketones is 1. The van der Waals surface area contributed by atoms with E-state index in [0.717, 1.165) is 15.8 Å². The van der Waals surface area contributed by atoms with Crippen LogP contribution >= 0.6 is 22.9 Å². The minimum absolute atomic E-state index is 0.151. The molecule has 0 saturated carbocycles. The Kier molecular flexibility index (Phi) is 4.83. The highest BCUT2D eigenvalue weighted by Crippen LogP contribution is 2.36. The maximum atomic E-state index is 12.3. The van der Waals surface area contributed by atoms with E-state index < -0.39 is 0 Å². The van der Waals surface area contributed by atoms with Gasteiger partial charge in [0.1, 0.15) is 0 Å². The minimum Gasteiger partial charge on any atom is -0.493 e. The van der Waals surface area contributed by atoms with E-state index >= 15 is 0 Å². The first-order valence-electron chi connectivity index (χ1n) is 7.12. The van der Waals surface area contributed by atoms with Crippen molar-refractivity contribution in [1.82, 2.24) is 4.98 Å². The van der Waals surface area contributed by atoms with Crippen LogP contribution in [0.5, 0.6) is 11.5 Å². The lowest BCUT2D eigenvalue weighted by molar-refractivity contribution is 0.104. The standard InChI is InChI=1S/C18H14ClNO3S/c1-22-15-10-11(9-12(19)17(15)23-2)7-8-14(21)18-20-13-5-3-4-6-16(13)24-18/h3-10H,1-2H3/b8-7+. The third-order valence-corrected chi connectivity index (χ3v) is 4.72. The highest BCUT2D eigenvalue weighted by atomic mass is 35.5. The topological polar surface area (TPSA) is 48.4 Å². The van der Waals surface area contributed by atoms with Crippen molar-refractivity contribution in [2.24, 2.45) is 0 Å². The predicted octanol–water partition coefficient (Wildman–Crippen LogP) is 4.86. The van der Waals surface area contributed by atoms with Crippen LogP contribution in [0.1, 0.15) is 15.4 Å². The van der Waals surface area contributed by atoms with Crippen LogP contribution in [0.2, 0.25) is 5.02 Å². The van der Waals surface area contributed by atoms with Crippen molar-refractivity contribution in [3.05, 3.63) is 58.1 Å². The second-order valence-electron chi connectivity index (χ2n) is 4.92. The number of hydrogen-bond donors (Lipinski definition) is 0. The second kappa shape index (κ2) is 7.03. The fraction of sp³-hybridized carbons (Fsp3) is 0.111. The van der Waals surface area contributed by atoms with Gasteiger partial charge in [-0.1, -0.05) is 29.8 Å². The van der Waals surface area contributed by atoms with Gasteiger partial charge in [0.25, 0.3) is 0 Å². The van der Waals surface area contributed by atoms with Crippen molar-refractivity contribution in [2.75, 3.05) is 14.2 Å². The van der Waals surface area contributed by atoms with Gasteiger partial charge in [-0.15, -0.1) is 11.3 Å². The molecule has 0 aliphatic carbocycles. The van der Waals surface area contributed by atoms with Gasteiger partial charge in [-0.25, -0.2) is 4.98 Å². The lowest BCUT2D eigenvalue weighted by Gasteiger charge is -2.10. The number of carbonyl (C=O) groups excluding carboxylic acids is 1. The summed E-state index contributed by atoms with van der Waals surface area (Å²) in [5.41, 5.74) is 1.57. The largest absolute Gasteiger partial charge is 0.493 e. The molecule has 1 heterocycles. The quantitative estimate of drug-likeness (QED) is 0.482. The molecule has 0 aliphatic rings. The number of para-hydroxylation sites is 1. The summed E-state index contributed by atoms with van der Waals surface area (Å²) in [6.07, 6.45) is 3.16. The number of benzene rings is 2. The smallest absolute Gasteiger partial charge is 0.214 e. The summed E-state index contributed by atoms with van der Waals surface area (Å²) in [5, 5.41) is 0.878. The third kappa shape index (κ3) is 3.27. The average molecular weight is 360 g/mol. The zero-order chi connectivity index (χ0) is 17.1. The van der Waals surface area contributed by atoms with E-state index in [4.69, 9.17) is 21.1 Å². The maximum absolute atomic E-state index is 12.3. The van der Waals surface area contributed by atoms with Gasteiger partial charge in [-0.2, -0.15) is 0 Å². The molecule has 122 valence electrons. The van der Waals surface area contributed by atoms with Gasteiger partial charge < -0.3 is 9.47 Å². The van der Waals surface area contributed by atoms with Crippen LogP contribution < -0.4 is 9.47 Å². The van der Waals surface area contributed by atoms with Gasteiger partial charge in [-0.05, 0) is 35.9 Å². The molecule has 0 aliphatic heterocycles. The summed E-state index contributed by atoms with van der Waals surface area (Å²) in [6.45, 7) is 0. The summed E-state index contributed by atoms with van der Waals surface area (Å²) >= 11 is 7.54. The summed E-state index contributed by atoms with van der Waals surface area (Å²) in [7, 11) is 3.06. The summed E-state index contributed by atoms with van der Waals surface area (Å²) in [5.74, 6) is 0.827. The molecule has 0 radical (unpaired) electrons. The Morgan fingerprint density at radius 1 is 1.21 bits per heavy atom. The van der Waals surface area contributed by atoms with Crippen LogP contribution in [-0.2, 0) is 0 Å². The van der Waals surface area contributed by atoms with Crippen molar-refractivity contribution in [3.8, 4) is 11.5 Å². The molecule has 0 spiro atoms. The Morgan fingerprint density at radius 2 is 2.00 bits per heavy atom. The zero-order valence-corrected chi connectivity index (χ0v) is 14.6. The van der Waals surface area contributed by atoms with Crippen LogP contribution in [-0.4, -0.2) is 25.0 Å². The van der Waals surface area contributed by atoms with E-state index in [0.29, 0.717) is 21.5 Å². The van der Waals surface area contributed by atoms with E-state index in [9.17, 15) is 4.79 Å². The second-order valence-corrected chi connectivity index (χ2v) is 6.36. The number of methoxy groups -OCH3 is 2. The molecule has 4 nitrogen and oxygen atoms in total. The van der Waals surface area contributed by atoms with E-state index in [2.05, 4.69) is 4.98 Å². The average Bonchev–Trinajstić information content (AvgIpc) is 3.03. The monoisotopic (exact) mass is 359 g/mol. The number of thiazole rings is 1. The lowest BCUT2D eigenvalue weighted by Crippen LogP contribution is -1.94. The molecule has 0 amide bonds. The van der Waals surface area contributed by atoms with Crippen molar-refractivity contribution in [2.45, 2.75) is 0 Å². The number of allylic oxidation sites excluding steroid dienone is 1. The van der Waals surface area contributed by atoms with Crippen LogP contribution in [0.3, 0.4) is 0 Å². The predicted molar refractivity (Wildman–Crippen MR) is 97.5 cm³/mol. The SMILES string of the molecule is COc1cc(/C=C/C(=O)c2nc3ccccc3s2)cc(Cl)c1OC. The normalized spacial score (nSPS) is 11.1. The highest BCUT2D eigenvalue weighted by molar-refractivity contribution is 7.20. The first-order chi connectivity index (χ1) is 11.6. The number of fused-ring (bicyclic) bond motifs is 1. The molecule has 0 fully saturated rings. The summed E-state index contributed by atoms with van der Waals surface area (Å²) < 4.78 is 11.4. The van der Waals surface area contributed by atoms with Gasteiger partial charge in [0.05, 0.1) is 29.5 Å². The molecule has 1 aromatic heterocycles. The zero-order valence-electron chi connectivity index (χ0n) is 13.1. The van der Waals surface area contributed by atoms with Gasteiger partial charge >= 0.3 is 0 Å². The number of ether oxygens (including phenoxy) is 2. The Labute approximate surface area is 148 Å². The fourth-order valence-electron chi connectivity index (χ4n) is 2.25. The van der Waals surface area contributed by atoms with Gasteiger partial charge in [0.15, 0.2) is 16.5 Å². The van der Waals surface area contributed by atoms with Gasteiger partial charge in [0, 0.05) is 0 Å². The van der Waals surface area contributed by atoms with E-state index in [1.165, 1.54) is 31.6 Å². The van der Waals surface area contributed by atoms with E-state index in [1.807, 2.05) is 24.3 Å². The molecule has 3 rings (SSSR count). The number of hydrogen-bond acceptors (Lipinski definition) is 5. The minimum atomic E-state index is -0.151. The molecule has 0 unspecified atom stereocenters. The van der Waals surface area contributed by atoms with Crippen LogP contribution in [0, 0.1) is 0 Å². The molecule has 24 heavy (non-hydrogen) atoms. The Morgan fingerprint density at radius 3 is 2.71 bits per heavy atom. The first kappa shape index (κ1) is 16.5. The molecule has 6 heteroatoms. The molecule has 3 aromatic rings. The number of rotatable bonds is 5. The molecule has 0 bridgehead atoms. The van der Waals surface area contributed by atoms with Crippen LogP contribution in [0.25, 0.3) is 16.3 Å². The molecular formula is C18H14ClNO3S. The molecule has 0 saturated heterocycles. The first-order valence-corrected chi connectivity index (χ1v) is 8.31. The van der Waals surface area contributed by atoms with Crippen molar-refractivity contribution >= 4 is 45.0 Å². The lowest BCUT2D eigenvalue weighted by atomic mass is 10.1. The van der Waals surface area contributed by atoms with Crippen molar-refractivity contribution in [3.63, 3.8) is 0 Å². The fourth-order valence-corrected chi connectivity index (χ4v) is 3.44. The maximum Gasteiger partial charge on any atom is 0.214 e. The number of carbonyl (C=O) groups is 1. The van der Waals surface area contributed by atoms with Gasteiger partial charge in [0.2, 0.25) is 5.78 Å². The number of nitrogens with zero attached hydrogens (tertiary/aromatic N) is 1. The van der Waals surface area contributed by atoms with Crippen molar-refractivity contribution in [1.29, 1.82) is 0 Å². The summed E-state index contributed by atoms with van der Waals surface area (Å²) in [6, 6.07) is 11.1. The summed E-state index contributed by atoms with van der Waals surface area (Å²) in [4.78, 5) is 16.7. The Hall–Kier alpha value is -2.37. The number of halogens is 1. The highest BCUT2D eigenvalue weighted by Gasteiger charge is 2.11. The Bertz CT molecular complexity index is 900. The molecular weight excluding hydrogens is 346 g/mol.